The lowest BCUT2D eigenvalue weighted by Gasteiger charge is -2.45. The number of pyridine rings is 2. The van der Waals surface area contributed by atoms with Gasteiger partial charge in [-0.2, -0.15) is 10.4 Å². The van der Waals surface area contributed by atoms with Crippen molar-refractivity contribution in [3.63, 3.8) is 0 Å². The Hall–Kier alpha value is -4.96. The Morgan fingerprint density at radius 1 is 1.35 bits per heavy atom. The third-order valence-corrected chi connectivity index (χ3v) is 7.82. The molecule has 2 amide bonds. The van der Waals surface area contributed by atoms with Crippen molar-refractivity contribution in [2.75, 3.05) is 32.8 Å². The summed E-state index contributed by atoms with van der Waals surface area (Å²) in [5.41, 5.74) is 7.46. The monoisotopic (exact) mass is 588 g/mol. The number of amides is 2. The number of nitrogens with zero attached hydrogens (tertiary/aromatic N) is 6. The highest BCUT2D eigenvalue weighted by atomic mass is 19.1. The van der Waals surface area contributed by atoms with Crippen LogP contribution in [0.2, 0.25) is 0 Å². The molecule has 12 nitrogen and oxygen atoms in total. The number of nitrogens with one attached hydrogen (secondary N) is 1. The Bertz CT molecular complexity index is 1600. The van der Waals surface area contributed by atoms with E-state index in [1.54, 1.807) is 36.7 Å². The number of aliphatic hydroxyl groups excluding tert-OH is 1. The lowest BCUT2D eigenvalue weighted by Crippen LogP contribution is -2.68. The summed E-state index contributed by atoms with van der Waals surface area (Å²) in [5, 5.41) is 27.4. The van der Waals surface area contributed by atoms with Gasteiger partial charge in [0.1, 0.15) is 22.9 Å². The predicted octanol–water partition coefficient (Wildman–Crippen LogP) is 1.68. The Kier molecular flexibility index (Phi) is 8.31. The number of fused-ring (bicyclic) bond motifs is 1. The molecule has 5 heterocycles. The molecule has 0 saturated carbocycles. The third kappa shape index (κ3) is 5.87. The van der Waals surface area contributed by atoms with Gasteiger partial charge in [-0.25, -0.2) is 8.91 Å². The second kappa shape index (κ2) is 12.1. The number of nitrogens with two attached hydrogens (primary N) is 1. The van der Waals surface area contributed by atoms with E-state index in [4.69, 9.17) is 10.5 Å². The number of hydrogen-bond acceptors (Lipinski definition) is 9. The molecule has 1 unspecified atom stereocenters. The normalized spacial score (nSPS) is 17.8. The maximum Gasteiger partial charge on any atom is 0.264 e. The van der Waals surface area contributed by atoms with Crippen LogP contribution in [0.1, 0.15) is 42.7 Å². The Morgan fingerprint density at radius 3 is 2.72 bits per heavy atom. The molecule has 0 spiro atoms. The van der Waals surface area contributed by atoms with Gasteiger partial charge in [-0.1, -0.05) is 12.6 Å². The second-order valence-corrected chi connectivity index (χ2v) is 10.7. The number of aliphatic hydroxyl groups is 1. The van der Waals surface area contributed by atoms with Crippen LogP contribution < -0.4 is 15.8 Å². The molecule has 3 aromatic heterocycles. The van der Waals surface area contributed by atoms with Crippen LogP contribution in [-0.4, -0.2) is 85.8 Å². The zero-order valence-corrected chi connectivity index (χ0v) is 23.7. The fraction of sp³-hybridized carbons (Fsp3) is 0.367. The maximum atomic E-state index is 15.1. The average Bonchev–Trinajstić information content (AvgIpc) is 3.45. The van der Waals surface area contributed by atoms with E-state index < -0.39 is 17.7 Å². The lowest BCUT2D eigenvalue weighted by molar-refractivity contribution is -0.162. The molecule has 43 heavy (non-hydrogen) atoms. The molecule has 0 aliphatic carbocycles. The summed E-state index contributed by atoms with van der Waals surface area (Å²) < 4.78 is 22.8. The number of likely N-dealkylation sites (tertiary alicyclic amines) is 2. The number of halogens is 1. The highest BCUT2D eigenvalue weighted by Gasteiger charge is 2.53. The summed E-state index contributed by atoms with van der Waals surface area (Å²) in [6.07, 6.45) is 6.23. The van der Waals surface area contributed by atoms with Crippen molar-refractivity contribution in [1.29, 1.82) is 5.26 Å². The Labute approximate surface area is 247 Å². The van der Waals surface area contributed by atoms with E-state index in [-0.39, 0.29) is 31.6 Å². The van der Waals surface area contributed by atoms with Gasteiger partial charge in [0, 0.05) is 42.8 Å². The maximum absolute atomic E-state index is 15.1. The van der Waals surface area contributed by atoms with Gasteiger partial charge in [0.2, 0.25) is 11.6 Å². The number of allylic oxidation sites excluding steroid dienone is 1. The molecule has 1 atom stereocenters. The van der Waals surface area contributed by atoms with E-state index in [2.05, 4.69) is 28.0 Å². The number of hydrogen-bond donors (Lipinski definition) is 3. The van der Waals surface area contributed by atoms with E-state index in [0.717, 1.165) is 6.08 Å². The van der Waals surface area contributed by atoms with Crippen LogP contribution in [0.3, 0.4) is 0 Å². The van der Waals surface area contributed by atoms with E-state index >= 15 is 4.39 Å². The van der Waals surface area contributed by atoms with Crippen LogP contribution in [0, 0.1) is 11.3 Å². The second-order valence-electron chi connectivity index (χ2n) is 10.7. The molecular weight excluding hydrogens is 555 g/mol. The first-order valence-electron chi connectivity index (χ1n) is 13.9. The molecular formula is C30H33FN8O4. The van der Waals surface area contributed by atoms with E-state index in [0.29, 0.717) is 65.4 Å². The van der Waals surface area contributed by atoms with E-state index in [9.17, 15) is 20.0 Å². The van der Waals surface area contributed by atoms with E-state index in [1.807, 2.05) is 6.92 Å². The zero-order valence-electron chi connectivity index (χ0n) is 23.7. The minimum atomic E-state index is -2.05. The van der Waals surface area contributed by atoms with Gasteiger partial charge < -0.3 is 30.7 Å². The first-order chi connectivity index (χ1) is 20.7. The van der Waals surface area contributed by atoms with Crippen LogP contribution in [0.5, 0.6) is 5.75 Å². The lowest BCUT2D eigenvalue weighted by atomic mass is 9.92. The van der Waals surface area contributed by atoms with Gasteiger partial charge in [0.25, 0.3) is 5.91 Å². The average molecular weight is 589 g/mol. The van der Waals surface area contributed by atoms with Crippen molar-refractivity contribution in [3.05, 3.63) is 78.0 Å². The van der Waals surface area contributed by atoms with Gasteiger partial charge in [-0.3, -0.25) is 14.6 Å². The molecule has 0 radical (unpaired) electrons. The Balaban J connectivity index is 1.29. The topological polar surface area (TPSA) is 162 Å². The molecule has 2 fully saturated rings. The van der Waals surface area contributed by atoms with Crippen molar-refractivity contribution in [3.8, 4) is 11.8 Å². The molecule has 0 aromatic carbocycles. The first-order valence-corrected chi connectivity index (χ1v) is 13.9. The largest absolute Gasteiger partial charge is 0.479 e. The third-order valence-electron chi connectivity index (χ3n) is 7.82. The van der Waals surface area contributed by atoms with Crippen LogP contribution in [0.4, 0.5) is 4.39 Å². The summed E-state index contributed by atoms with van der Waals surface area (Å²) >= 11 is 0. The number of nitriles is 1. The number of piperidine rings is 1. The van der Waals surface area contributed by atoms with Crippen molar-refractivity contribution in [2.24, 2.45) is 5.73 Å². The summed E-state index contributed by atoms with van der Waals surface area (Å²) in [6, 6.07) is 9.10. The molecule has 5 rings (SSSR count). The molecule has 2 saturated heterocycles. The minimum Gasteiger partial charge on any atom is -0.479 e. The number of aromatic nitrogens is 3. The SMILES string of the molecule is C=CC(=O)N1CC(F)(C(=O)N2CCC(N/C(C)=C(\N)c3cc(OC(CO)c4ccccn4)c4c(C#N)cnn4c3)CC2)C1. The zero-order chi connectivity index (χ0) is 30.7. The fourth-order valence-corrected chi connectivity index (χ4v) is 5.40. The van der Waals surface area contributed by atoms with Gasteiger partial charge >= 0.3 is 0 Å². The molecule has 13 heteroatoms. The van der Waals surface area contributed by atoms with Gasteiger partial charge in [-0.15, -0.1) is 0 Å². The highest BCUT2D eigenvalue weighted by molar-refractivity contribution is 5.93. The van der Waals surface area contributed by atoms with Crippen LogP contribution in [0.25, 0.3) is 11.2 Å². The number of carbonyl (C=O) groups excluding carboxylic acids is 2. The van der Waals surface area contributed by atoms with Gasteiger partial charge in [0.05, 0.1) is 37.3 Å². The van der Waals surface area contributed by atoms with Crippen LogP contribution in [-0.2, 0) is 9.59 Å². The fourth-order valence-electron chi connectivity index (χ4n) is 5.40. The summed E-state index contributed by atoms with van der Waals surface area (Å²) in [7, 11) is 0. The van der Waals surface area contributed by atoms with Crippen molar-refractivity contribution >= 4 is 23.0 Å². The number of carbonyl (C=O) groups is 2. The molecule has 4 N–H and O–H groups in total. The van der Waals surface area contributed by atoms with E-state index in [1.165, 1.54) is 20.5 Å². The number of ether oxygens (including phenoxy) is 1. The molecule has 3 aromatic rings. The summed E-state index contributed by atoms with van der Waals surface area (Å²) in [4.78, 5) is 31.5. The Morgan fingerprint density at radius 2 is 2.09 bits per heavy atom. The molecule has 2 aliphatic heterocycles. The predicted molar refractivity (Wildman–Crippen MR) is 155 cm³/mol. The van der Waals surface area contributed by atoms with Crippen LogP contribution >= 0.6 is 0 Å². The first kappa shape index (κ1) is 29.5. The van der Waals surface area contributed by atoms with Crippen LogP contribution in [0.15, 0.2) is 61.2 Å². The smallest absolute Gasteiger partial charge is 0.264 e. The molecule has 2 aliphatic rings. The summed E-state index contributed by atoms with van der Waals surface area (Å²) in [5.74, 6) is -0.668. The number of alkyl halides is 1. The molecule has 224 valence electrons. The quantitative estimate of drug-likeness (QED) is 0.316. The van der Waals surface area contributed by atoms with Crippen molar-refractivity contribution in [1.82, 2.24) is 29.7 Å². The highest BCUT2D eigenvalue weighted by Crippen LogP contribution is 2.32. The van der Waals surface area contributed by atoms with Crippen molar-refractivity contribution < 1.29 is 23.8 Å². The standard InChI is InChI=1S/C30H33FN8O4/c1-3-26(41)38-17-30(31,18-38)29(42)37-10-7-22(8-11-37)36-19(2)27(33)20-12-24(28-21(13-32)14-35-39(28)15-20)43-25(16-40)23-6-4-5-9-34-23/h3-6,9,12,14-15,22,25,36,40H,1,7-8,10-11,16-18,33H2,2H3/b27-19-. The minimum absolute atomic E-state index is 0.00401. The van der Waals surface area contributed by atoms with Gasteiger partial charge in [-0.05, 0) is 44.0 Å². The number of rotatable bonds is 9. The molecule has 0 bridgehead atoms. The van der Waals surface area contributed by atoms with Crippen molar-refractivity contribution in [2.45, 2.75) is 37.6 Å². The summed E-state index contributed by atoms with van der Waals surface area (Å²) in [6.45, 7) is 5.12. The van der Waals surface area contributed by atoms with Gasteiger partial charge in [0.15, 0.2) is 6.10 Å².